The molecular weight excluding hydrogens is 608 g/mol. The number of nitrogens with one attached hydrogen (secondary N) is 3. The zero-order chi connectivity index (χ0) is 33.8. The molecule has 2 heterocycles. The number of amides is 3. The standard InChI is InChI=1S/C34H49F2N7O4/c1-5-28(44)39-30(34(47)42-17-16-41(4)20(2)19-42)21(3)24-10-11-26(25(36)18-24)38-33(46)31(29(22-6-7-22)23-8-9-23)40-32(45)27-12-14-37-43(27)15-13-35/h10-12,14,18,20-23,29-31,33,38,46H,5-9,13,15-17,19H2,1-4H3,(H,39,44)(H,40,45)/t20-,21+,30-,31+,33?/m1/s1. The Hall–Kier alpha value is -3.58. The number of likely N-dealkylation sites (N-methyl/N-ethyl adjacent to an activating group) is 1. The monoisotopic (exact) mass is 657 g/mol. The van der Waals surface area contributed by atoms with Gasteiger partial charge in [-0.2, -0.15) is 5.10 Å². The number of rotatable bonds is 15. The number of hydrogen-bond donors (Lipinski definition) is 4. The lowest BCUT2D eigenvalue weighted by molar-refractivity contribution is -0.139. The fourth-order valence-electron chi connectivity index (χ4n) is 6.82. The number of carbonyl (C=O) groups excluding carboxylic acids is 3. The van der Waals surface area contributed by atoms with Crippen LogP contribution in [0.2, 0.25) is 0 Å². The van der Waals surface area contributed by atoms with E-state index in [-0.39, 0.29) is 48.1 Å². The lowest BCUT2D eigenvalue weighted by atomic mass is 9.87. The third kappa shape index (κ3) is 8.29. The third-order valence-corrected chi connectivity index (χ3v) is 10.1. The topological polar surface area (TPSA) is 132 Å². The lowest BCUT2D eigenvalue weighted by Crippen LogP contribution is -2.58. The Kier molecular flexibility index (Phi) is 11.2. The summed E-state index contributed by atoms with van der Waals surface area (Å²) in [5.41, 5.74) is 0.771. The Morgan fingerprint density at radius 1 is 1.09 bits per heavy atom. The van der Waals surface area contributed by atoms with E-state index in [1.54, 1.807) is 24.8 Å². The van der Waals surface area contributed by atoms with Crippen LogP contribution in [0.4, 0.5) is 14.5 Å². The quantitative estimate of drug-likeness (QED) is 0.217. The predicted molar refractivity (Wildman–Crippen MR) is 174 cm³/mol. The average Bonchev–Trinajstić information content (AvgIpc) is 4.00. The van der Waals surface area contributed by atoms with Crippen LogP contribution in [0.3, 0.4) is 0 Å². The third-order valence-electron chi connectivity index (χ3n) is 10.1. The van der Waals surface area contributed by atoms with Gasteiger partial charge < -0.3 is 30.9 Å². The molecule has 0 spiro atoms. The van der Waals surface area contributed by atoms with Crippen LogP contribution in [0.5, 0.6) is 0 Å². The van der Waals surface area contributed by atoms with Gasteiger partial charge in [0.1, 0.15) is 30.5 Å². The maximum absolute atomic E-state index is 15.7. The second-order valence-corrected chi connectivity index (χ2v) is 13.5. The summed E-state index contributed by atoms with van der Waals surface area (Å²) in [6.45, 7) is 6.62. The normalized spacial score (nSPS) is 21.2. The van der Waals surface area contributed by atoms with Gasteiger partial charge in [0.05, 0.1) is 18.3 Å². The predicted octanol–water partition coefficient (Wildman–Crippen LogP) is 3.12. The smallest absolute Gasteiger partial charge is 0.269 e. The van der Waals surface area contributed by atoms with Crippen molar-refractivity contribution in [3.05, 3.63) is 47.5 Å². The summed E-state index contributed by atoms with van der Waals surface area (Å²) >= 11 is 0. The number of anilines is 1. The molecule has 3 amide bonds. The van der Waals surface area contributed by atoms with Crippen molar-refractivity contribution in [3.63, 3.8) is 0 Å². The fourth-order valence-corrected chi connectivity index (χ4v) is 6.82. The average molecular weight is 658 g/mol. The molecule has 11 nitrogen and oxygen atoms in total. The number of halogens is 2. The Labute approximate surface area is 275 Å². The lowest BCUT2D eigenvalue weighted by Gasteiger charge is -2.40. The molecule has 1 aliphatic heterocycles. The summed E-state index contributed by atoms with van der Waals surface area (Å²) in [6.07, 6.45) is 4.35. The molecule has 47 heavy (non-hydrogen) atoms. The first-order valence-corrected chi connectivity index (χ1v) is 16.9. The van der Waals surface area contributed by atoms with Crippen molar-refractivity contribution in [2.75, 3.05) is 38.7 Å². The van der Waals surface area contributed by atoms with Crippen LogP contribution in [-0.2, 0) is 16.1 Å². The van der Waals surface area contributed by atoms with Crippen LogP contribution in [0, 0.1) is 23.6 Å². The second kappa shape index (κ2) is 15.1. The van der Waals surface area contributed by atoms with Gasteiger partial charge in [0.25, 0.3) is 5.91 Å². The van der Waals surface area contributed by atoms with E-state index in [1.807, 2.05) is 14.0 Å². The van der Waals surface area contributed by atoms with E-state index in [0.717, 1.165) is 32.2 Å². The summed E-state index contributed by atoms with van der Waals surface area (Å²) < 4.78 is 30.1. The van der Waals surface area contributed by atoms with E-state index in [1.165, 1.54) is 29.1 Å². The van der Waals surface area contributed by atoms with E-state index in [2.05, 4.69) is 25.9 Å². The summed E-state index contributed by atoms with van der Waals surface area (Å²) in [7, 11) is 2.01. The van der Waals surface area contributed by atoms with Gasteiger partial charge in [-0.05, 0) is 81.2 Å². The molecule has 1 aromatic heterocycles. The van der Waals surface area contributed by atoms with Gasteiger partial charge in [-0.3, -0.25) is 19.1 Å². The Bertz CT molecular complexity index is 1400. The number of aryl methyl sites for hydroxylation is 1. The molecule has 1 saturated heterocycles. The van der Waals surface area contributed by atoms with Gasteiger partial charge >= 0.3 is 0 Å². The van der Waals surface area contributed by atoms with E-state index in [4.69, 9.17) is 0 Å². The number of alkyl halides is 1. The molecule has 4 N–H and O–H groups in total. The highest BCUT2D eigenvalue weighted by Crippen LogP contribution is 2.51. The highest BCUT2D eigenvalue weighted by molar-refractivity contribution is 5.92. The van der Waals surface area contributed by atoms with E-state index >= 15 is 4.39 Å². The van der Waals surface area contributed by atoms with Crippen molar-refractivity contribution in [2.45, 2.75) is 89.7 Å². The number of aliphatic hydroxyl groups excluding tert-OH is 1. The minimum atomic E-state index is -1.31. The van der Waals surface area contributed by atoms with Gasteiger partial charge in [0.15, 0.2) is 0 Å². The van der Waals surface area contributed by atoms with E-state index in [0.29, 0.717) is 30.5 Å². The number of hydrogen-bond acceptors (Lipinski definition) is 7. The van der Waals surface area contributed by atoms with Crippen molar-refractivity contribution < 1.29 is 28.3 Å². The van der Waals surface area contributed by atoms with Gasteiger partial charge in [-0.25, -0.2) is 8.78 Å². The summed E-state index contributed by atoms with van der Waals surface area (Å²) in [6, 6.07) is 4.63. The number of benzene rings is 1. The molecule has 3 fully saturated rings. The molecule has 5 rings (SSSR count). The Morgan fingerprint density at radius 3 is 2.38 bits per heavy atom. The van der Waals surface area contributed by atoms with Gasteiger partial charge in [0, 0.05) is 44.2 Å². The molecule has 0 radical (unpaired) electrons. The van der Waals surface area contributed by atoms with Crippen LogP contribution >= 0.6 is 0 Å². The first-order chi connectivity index (χ1) is 22.5. The van der Waals surface area contributed by atoms with Crippen molar-refractivity contribution in [3.8, 4) is 0 Å². The van der Waals surface area contributed by atoms with Crippen molar-refractivity contribution in [2.24, 2.45) is 17.8 Å². The molecule has 2 saturated carbocycles. The van der Waals surface area contributed by atoms with Crippen LogP contribution in [0.25, 0.3) is 0 Å². The van der Waals surface area contributed by atoms with Gasteiger partial charge in [-0.1, -0.05) is 19.9 Å². The summed E-state index contributed by atoms with van der Waals surface area (Å²) in [4.78, 5) is 43.5. The first kappa shape index (κ1) is 34.7. The van der Waals surface area contributed by atoms with Crippen molar-refractivity contribution in [1.29, 1.82) is 0 Å². The minimum absolute atomic E-state index is 0.00703. The molecule has 2 aromatic rings. The number of nitrogens with zero attached hydrogens (tertiary/aromatic N) is 4. The molecule has 3 aliphatic rings. The SMILES string of the molecule is CCC(=O)N[C@@H](C(=O)N1CCN(C)[C@H](C)C1)[C@@H](C)c1ccc(NC(O)[C@@H](NC(=O)c2ccnn2CCF)C(C2CC2)C2CC2)c(F)c1. The second-order valence-electron chi connectivity index (χ2n) is 13.5. The molecular formula is C34H49F2N7O4. The minimum Gasteiger partial charge on any atom is -0.372 e. The summed E-state index contributed by atoms with van der Waals surface area (Å²) in [5, 5.41) is 24.3. The van der Waals surface area contributed by atoms with Crippen molar-refractivity contribution >= 4 is 23.4 Å². The number of aromatic nitrogens is 2. The molecule has 5 atom stereocenters. The van der Waals surface area contributed by atoms with Crippen molar-refractivity contribution in [1.82, 2.24) is 30.2 Å². The van der Waals surface area contributed by atoms with Crippen LogP contribution in [-0.4, -0.2) is 100 Å². The number of piperazine rings is 1. The van der Waals surface area contributed by atoms with Crippen LogP contribution in [0.1, 0.15) is 74.8 Å². The van der Waals surface area contributed by atoms with Crippen LogP contribution < -0.4 is 16.0 Å². The molecule has 1 aromatic carbocycles. The molecule has 13 heteroatoms. The highest BCUT2D eigenvalue weighted by Gasteiger charge is 2.48. The van der Waals surface area contributed by atoms with Gasteiger partial charge in [-0.15, -0.1) is 0 Å². The zero-order valence-corrected chi connectivity index (χ0v) is 27.8. The Balaban J connectivity index is 1.33. The van der Waals surface area contributed by atoms with E-state index in [9.17, 15) is 23.9 Å². The first-order valence-electron chi connectivity index (χ1n) is 16.9. The van der Waals surface area contributed by atoms with E-state index < -0.39 is 42.6 Å². The highest BCUT2D eigenvalue weighted by atomic mass is 19.1. The number of carbonyl (C=O) groups is 3. The summed E-state index contributed by atoms with van der Waals surface area (Å²) in [5.74, 6) is -1.39. The zero-order valence-electron chi connectivity index (χ0n) is 27.8. The maximum Gasteiger partial charge on any atom is 0.269 e. The fraction of sp³-hybridized carbons (Fsp3) is 0.647. The molecule has 1 unspecified atom stereocenters. The number of aliphatic hydroxyl groups is 1. The largest absolute Gasteiger partial charge is 0.372 e. The molecule has 258 valence electrons. The Morgan fingerprint density at radius 2 is 1.79 bits per heavy atom. The van der Waals surface area contributed by atoms with Gasteiger partial charge in [0.2, 0.25) is 11.8 Å². The van der Waals surface area contributed by atoms with Crippen LogP contribution in [0.15, 0.2) is 30.5 Å². The molecule has 2 aliphatic carbocycles. The molecule has 0 bridgehead atoms. The maximum atomic E-state index is 15.7.